The minimum absolute atomic E-state index is 0.257. The Balaban J connectivity index is 2.09. The fourth-order valence-corrected chi connectivity index (χ4v) is 3.53. The molecule has 2 rings (SSSR count). The first-order valence-electron chi connectivity index (χ1n) is 8.30. The molecule has 0 spiro atoms. The summed E-state index contributed by atoms with van der Waals surface area (Å²) in [4.78, 5) is 0. The highest BCUT2D eigenvalue weighted by Gasteiger charge is 2.31. The first-order chi connectivity index (χ1) is 10.1. The van der Waals surface area contributed by atoms with Crippen LogP contribution in [0.15, 0.2) is 18.2 Å². The van der Waals surface area contributed by atoms with Crippen LogP contribution in [-0.2, 0) is 0 Å². The largest absolute Gasteiger partial charge is 0.488 e. The van der Waals surface area contributed by atoms with E-state index in [1.165, 1.54) is 25.7 Å². The Bertz CT molecular complexity index is 449. The SMILES string of the molecule is CCCC1CCC(NCC)C(Oc2cc(Cl)ccc2C)C1. The lowest BCUT2D eigenvalue weighted by Gasteiger charge is -2.37. The third kappa shape index (κ3) is 4.62. The smallest absolute Gasteiger partial charge is 0.124 e. The summed E-state index contributed by atoms with van der Waals surface area (Å²) in [5.41, 5.74) is 1.16. The molecule has 0 heterocycles. The van der Waals surface area contributed by atoms with Gasteiger partial charge in [0.25, 0.3) is 0 Å². The van der Waals surface area contributed by atoms with Gasteiger partial charge in [0.15, 0.2) is 0 Å². The zero-order chi connectivity index (χ0) is 15.2. The van der Waals surface area contributed by atoms with Crippen LogP contribution in [0, 0.1) is 12.8 Å². The standard InChI is InChI=1S/C18H28ClNO/c1-4-6-14-8-10-16(20-5-2)18(11-14)21-17-12-15(19)9-7-13(17)3/h7,9,12,14,16,18,20H,4-6,8,10-11H2,1-3H3. The lowest BCUT2D eigenvalue weighted by molar-refractivity contribution is 0.0834. The highest BCUT2D eigenvalue weighted by Crippen LogP contribution is 2.32. The van der Waals surface area contributed by atoms with Crippen LogP contribution in [0.2, 0.25) is 5.02 Å². The quantitative estimate of drug-likeness (QED) is 0.800. The second-order valence-corrected chi connectivity index (χ2v) is 6.63. The molecule has 0 aromatic heterocycles. The van der Waals surface area contributed by atoms with Crippen LogP contribution in [-0.4, -0.2) is 18.7 Å². The number of nitrogens with one attached hydrogen (secondary N) is 1. The van der Waals surface area contributed by atoms with Crippen molar-refractivity contribution in [2.24, 2.45) is 5.92 Å². The number of aryl methyl sites for hydroxylation is 1. The van der Waals surface area contributed by atoms with Gasteiger partial charge >= 0.3 is 0 Å². The Morgan fingerprint density at radius 2 is 2.10 bits per heavy atom. The highest BCUT2D eigenvalue weighted by molar-refractivity contribution is 6.30. The normalized spacial score (nSPS) is 25.8. The Kier molecular flexibility index (Phi) is 6.38. The zero-order valence-corrected chi connectivity index (χ0v) is 14.2. The van der Waals surface area contributed by atoms with Crippen LogP contribution in [0.5, 0.6) is 5.75 Å². The average molecular weight is 310 g/mol. The van der Waals surface area contributed by atoms with E-state index >= 15 is 0 Å². The van der Waals surface area contributed by atoms with Crippen molar-refractivity contribution in [2.45, 2.75) is 65.0 Å². The molecule has 2 nitrogen and oxygen atoms in total. The van der Waals surface area contributed by atoms with E-state index in [9.17, 15) is 0 Å². The second kappa shape index (κ2) is 8.05. The number of ether oxygens (including phenoxy) is 1. The fourth-order valence-electron chi connectivity index (χ4n) is 3.37. The molecule has 3 heteroatoms. The molecule has 1 aliphatic carbocycles. The average Bonchev–Trinajstić information content (AvgIpc) is 2.46. The van der Waals surface area contributed by atoms with E-state index in [1.54, 1.807) is 0 Å². The maximum Gasteiger partial charge on any atom is 0.124 e. The Labute approximate surface area is 134 Å². The molecule has 0 saturated heterocycles. The molecule has 3 atom stereocenters. The van der Waals surface area contributed by atoms with E-state index in [0.29, 0.717) is 6.04 Å². The monoisotopic (exact) mass is 309 g/mol. The van der Waals surface area contributed by atoms with Gasteiger partial charge in [0.1, 0.15) is 11.9 Å². The summed E-state index contributed by atoms with van der Waals surface area (Å²) < 4.78 is 6.36. The second-order valence-electron chi connectivity index (χ2n) is 6.20. The molecule has 0 amide bonds. The number of halogens is 1. The van der Waals surface area contributed by atoms with Gasteiger partial charge in [-0.1, -0.05) is 44.4 Å². The molecule has 1 aliphatic rings. The number of benzene rings is 1. The van der Waals surface area contributed by atoms with Crippen LogP contribution in [0.25, 0.3) is 0 Å². The van der Waals surface area contributed by atoms with Crippen molar-refractivity contribution < 1.29 is 4.74 Å². The van der Waals surface area contributed by atoms with Crippen LogP contribution >= 0.6 is 11.6 Å². The molecule has 1 aromatic carbocycles. The molecule has 1 fully saturated rings. The Morgan fingerprint density at radius 1 is 1.29 bits per heavy atom. The summed E-state index contributed by atoms with van der Waals surface area (Å²) in [7, 11) is 0. The number of hydrogen-bond acceptors (Lipinski definition) is 2. The summed E-state index contributed by atoms with van der Waals surface area (Å²) >= 11 is 6.11. The minimum Gasteiger partial charge on any atom is -0.488 e. The van der Waals surface area contributed by atoms with Gasteiger partial charge in [-0.05, 0) is 56.3 Å². The maximum atomic E-state index is 6.36. The molecule has 21 heavy (non-hydrogen) atoms. The van der Waals surface area contributed by atoms with E-state index in [2.05, 4.69) is 26.1 Å². The molecule has 0 bridgehead atoms. The molecule has 3 unspecified atom stereocenters. The van der Waals surface area contributed by atoms with E-state index in [-0.39, 0.29) is 6.10 Å². The predicted octanol–water partition coefficient (Wildman–Crippen LogP) is 4.97. The summed E-state index contributed by atoms with van der Waals surface area (Å²) in [6.45, 7) is 7.52. The fraction of sp³-hybridized carbons (Fsp3) is 0.667. The molecule has 0 aliphatic heterocycles. The van der Waals surface area contributed by atoms with Gasteiger partial charge < -0.3 is 10.1 Å². The van der Waals surface area contributed by atoms with Gasteiger partial charge in [0.05, 0.1) is 0 Å². The summed E-state index contributed by atoms with van der Waals surface area (Å²) in [6, 6.07) is 6.36. The molecule has 1 aromatic rings. The van der Waals surface area contributed by atoms with Crippen molar-refractivity contribution >= 4 is 11.6 Å². The topological polar surface area (TPSA) is 21.3 Å². The first kappa shape index (κ1) is 16.6. The van der Waals surface area contributed by atoms with Gasteiger partial charge in [-0.15, -0.1) is 0 Å². The van der Waals surface area contributed by atoms with Gasteiger partial charge in [-0.2, -0.15) is 0 Å². The van der Waals surface area contributed by atoms with Crippen molar-refractivity contribution in [2.75, 3.05) is 6.54 Å². The van der Waals surface area contributed by atoms with E-state index in [1.807, 2.05) is 18.2 Å². The Morgan fingerprint density at radius 3 is 2.81 bits per heavy atom. The van der Waals surface area contributed by atoms with Crippen molar-refractivity contribution in [1.82, 2.24) is 5.32 Å². The van der Waals surface area contributed by atoms with Crippen LogP contribution in [0.4, 0.5) is 0 Å². The molecule has 0 radical (unpaired) electrons. The van der Waals surface area contributed by atoms with Crippen LogP contribution < -0.4 is 10.1 Å². The number of hydrogen-bond donors (Lipinski definition) is 1. The molecule has 1 saturated carbocycles. The third-order valence-corrected chi connectivity index (χ3v) is 4.73. The molecular weight excluding hydrogens is 282 g/mol. The number of rotatable bonds is 6. The van der Waals surface area contributed by atoms with E-state index < -0.39 is 0 Å². The predicted molar refractivity (Wildman–Crippen MR) is 90.3 cm³/mol. The van der Waals surface area contributed by atoms with Crippen molar-refractivity contribution in [3.8, 4) is 5.75 Å². The Hall–Kier alpha value is -0.730. The molecule has 1 N–H and O–H groups in total. The van der Waals surface area contributed by atoms with Gasteiger partial charge in [-0.3, -0.25) is 0 Å². The van der Waals surface area contributed by atoms with Gasteiger partial charge in [-0.25, -0.2) is 0 Å². The zero-order valence-electron chi connectivity index (χ0n) is 13.5. The first-order valence-corrected chi connectivity index (χ1v) is 8.68. The van der Waals surface area contributed by atoms with Crippen molar-refractivity contribution in [3.05, 3.63) is 28.8 Å². The highest BCUT2D eigenvalue weighted by atomic mass is 35.5. The van der Waals surface area contributed by atoms with Gasteiger partial charge in [0.2, 0.25) is 0 Å². The van der Waals surface area contributed by atoms with E-state index in [0.717, 1.165) is 35.2 Å². The van der Waals surface area contributed by atoms with Crippen LogP contribution in [0.3, 0.4) is 0 Å². The molecule has 118 valence electrons. The number of likely N-dealkylation sites (N-methyl/N-ethyl adjacent to an activating group) is 1. The van der Waals surface area contributed by atoms with Crippen LogP contribution in [0.1, 0.15) is 51.5 Å². The van der Waals surface area contributed by atoms with Crippen molar-refractivity contribution in [1.29, 1.82) is 0 Å². The molecular formula is C18H28ClNO. The van der Waals surface area contributed by atoms with Gasteiger partial charge in [0, 0.05) is 11.1 Å². The maximum absolute atomic E-state index is 6.36. The van der Waals surface area contributed by atoms with E-state index in [4.69, 9.17) is 16.3 Å². The summed E-state index contributed by atoms with van der Waals surface area (Å²) in [6.07, 6.45) is 6.51. The summed E-state index contributed by atoms with van der Waals surface area (Å²) in [5, 5.41) is 4.34. The lowest BCUT2D eigenvalue weighted by Crippen LogP contribution is -2.47. The summed E-state index contributed by atoms with van der Waals surface area (Å²) in [5.74, 6) is 1.74. The van der Waals surface area contributed by atoms with Crippen molar-refractivity contribution in [3.63, 3.8) is 0 Å². The third-order valence-electron chi connectivity index (χ3n) is 4.49. The lowest BCUT2D eigenvalue weighted by atomic mass is 9.81. The minimum atomic E-state index is 0.257.